The molecule has 5 nitrogen and oxygen atoms in total. The van der Waals surface area contributed by atoms with Crippen LogP contribution in [0.3, 0.4) is 0 Å². The minimum atomic E-state index is -0.328. The Morgan fingerprint density at radius 3 is 2.46 bits per heavy atom. The maximum atomic E-state index is 12.2. The second kappa shape index (κ2) is 9.89. The van der Waals surface area contributed by atoms with Crippen LogP contribution >= 0.6 is 22.6 Å². The summed E-state index contributed by atoms with van der Waals surface area (Å²) >= 11 is 2.28. The molecule has 1 amide bonds. The van der Waals surface area contributed by atoms with E-state index in [9.17, 15) is 4.79 Å². The van der Waals surface area contributed by atoms with Crippen LogP contribution in [0.1, 0.15) is 21.5 Å². The van der Waals surface area contributed by atoms with Gasteiger partial charge in [-0.25, -0.2) is 5.43 Å². The Bertz CT molecular complexity index is 954. The normalized spacial score (nSPS) is 10.6. The Balaban J connectivity index is 1.53. The van der Waals surface area contributed by atoms with Crippen molar-refractivity contribution in [3.8, 4) is 11.5 Å². The molecule has 0 bridgehead atoms. The number of hydrogen-bond acceptors (Lipinski definition) is 4. The van der Waals surface area contributed by atoms with Gasteiger partial charge in [0.25, 0.3) is 5.91 Å². The van der Waals surface area contributed by atoms with Gasteiger partial charge in [-0.05, 0) is 82.2 Å². The molecule has 0 heterocycles. The second-order valence-electron chi connectivity index (χ2n) is 5.88. The van der Waals surface area contributed by atoms with Crippen LogP contribution in [0, 0.1) is 3.57 Å². The molecule has 28 heavy (non-hydrogen) atoms. The Morgan fingerprint density at radius 2 is 1.75 bits per heavy atom. The zero-order valence-electron chi connectivity index (χ0n) is 15.3. The lowest BCUT2D eigenvalue weighted by Gasteiger charge is -2.07. The van der Waals surface area contributed by atoms with Crippen molar-refractivity contribution >= 4 is 34.7 Å². The molecule has 1 N–H and O–H groups in total. The van der Waals surface area contributed by atoms with E-state index in [1.807, 2.05) is 36.4 Å². The number of halogens is 1. The Hall–Kier alpha value is -2.87. The van der Waals surface area contributed by atoms with Gasteiger partial charge in [-0.3, -0.25) is 4.79 Å². The first-order valence-corrected chi connectivity index (χ1v) is 9.67. The molecule has 0 radical (unpaired) electrons. The van der Waals surface area contributed by atoms with Crippen LogP contribution in [0.15, 0.2) is 77.9 Å². The molecule has 0 saturated heterocycles. The summed E-state index contributed by atoms with van der Waals surface area (Å²) in [6, 6.07) is 22.7. The molecule has 3 rings (SSSR count). The van der Waals surface area contributed by atoms with Gasteiger partial charge in [-0.1, -0.05) is 24.3 Å². The summed E-state index contributed by atoms with van der Waals surface area (Å²) in [5.74, 6) is 0.949. The lowest BCUT2D eigenvalue weighted by molar-refractivity contribution is 0.0952. The summed E-state index contributed by atoms with van der Waals surface area (Å²) in [4.78, 5) is 12.2. The molecule has 3 aromatic carbocycles. The molecule has 6 heteroatoms. The van der Waals surface area contributed by atoms with Crippen molar-refractivity contribution in [3.63, 3.8) is 0 Å². The van der Waals surface area contributed by atoms with E-state index >= 15 is 0 Å². The lowest BCUT2D eigenvalue weighted by Crippen LogP contribution is -2.18. The number of nitrogens with one attached hydrogen (secondary N) is 1. The van der Waals surface area contributed by atoms with E-state index in [1.54, 1.807) is 30.5 Å². The summed E-state index contributed by atoms with van der Waals surface area (Å²) in [6.07, 6.45) is 1.58. The van der Waals surface area contributed by atoms with Crippen LogP contribution in [0.5, 0.6) is 11.5 Å². The molecular weight excluding hydrogens is 467 g/mol. The number of rotatable bonds is 7. The predicted octanol–water partition coefficient (Wildman–Crippen LogP) is 4.64. The van der Waals surface area contributed by atoms with Crippen molar-refractivity contribution < 1.29 is 14.3 Å². The fraction of sp³-hybridized carbons (Fsp3) is 0.0909. The molecule has 0 aliphatic heterocycles. The highest BCUT2D eigenvalue weighted by Crippen LogP contribution is 2.17. The summed E-state index contributed by atoms with van der Waals surface area (Å²) in [7, 11) is 1.53. The number of para-hydroxylation sites is 1. The number of hydrazone groups is 1. The summed E-state index contributed by atoms with van der Waals surface area (Å²) in [6.45, 7) is 0.513. The van der Waals surface area contributed by atoms with Crippen LogP contribution in [-0.2, 0) is 6.61 Å². The SMILES string of the molecule is COc1ccccc1C(=O)N/N=C\c1ccc(OCc2ccc(I)cc2)cc1. The fourth-order valence-corrected chi connectivity index (χ4v) is 2.81. The van der Waals surface area contributed by atoms with Gasteiger partial charge in [0.15, 0.2) is 0 Å². The Morgan fingerprint density at radius 1 is 1.04 bits per heavy atom. The van der Waals surface area contributed by atoms with Gasteiger partial charge in [0.1, 0.15) is 18.1 Å². The third-order valence-corrected chi connectivity index (χ3v) is 4.65. The zero-order valence-corrected chi connectivity index (χ0v) is 17.4. The van der Waals surface area contributed by atoms with Gasteiger partial charge in [-0.15, -0.1) is 0 Å². The van der Waals surface area contributed by atoms with Crippen molar-refractivity contribution in [2.45, 2.75) is 6.61 Å². The van der Waals surface area contributed by atoms with Crippen LogP contribution in [0.2, 0.25) is 0 Å². The maximum Gasteiger partial charge on any atom is 0.275 e. The van der Waals surface area contributed by atoms with E-state index in [0.29, 0.717) is 17.9 Å². The first kappa shape index (κ1) is 19.9. The monoisotopic (exact) mass is 486 g/mol. The largest absolute Gasteiger partial charge is 0.496 e. The topological polar surface area (TPSA) is 59.9 Å². The molecule has 0 aromatic heterocycles. The van der Waals surface area contributed by atoms with Crippen molar-refractivity contribution in [1.82, 2.24) is 5.43 Å². The van der Waals surface area contributed by atoms with Crippen LogP contribution in [0.4, 0.5) is 0 Å². The van der Waals surface area contributed by atoms with Crippen LogP contribution in [-0.4, -0.2) is 19.2 Å². The minimum Gasteiger partial charge on any atom is -0.496 e. The number of methoxy groups -OCH3 is 1. The average molecular weight is 486 g/mol. The van der Waals surface area contributed by atoms with E-state index in [0.717, 1.165) is 16.9 Å². The number of carbonyl (C=O) groups excluding carboxylic acids is 1. The van der Waals surface area contributed by atoms with Gasteiger partial charge >= 0.3 is 0 Å². The first-order valence-electron chi connectivity index (χ1n) is 8.59. The van der Waals surface area contributed by atoms with E-state index in [1.165, 1.54) is 10.7 Å². The predicted molar refractivity (Wildman–Crippen MR) is 118 cm³/mol. The van der Waals surface area contributed by atoms with Crippen molar-refractivity contribution in [2.75, 3.05) is 7.11 Å². The highest BCUT2D eigenvalue weighted by Gasteiger charge is 2.09. The maximum absolute atomic E-state index is 12.2. The third kappa shape index (κ3) is 5.56. The van der Waals surface area contributed by atoms with Gasteiger partial charge < -0.3 is 9.47 Å². The van der Waals surface area contributed by atoms with Gasteiger partial charge in [0, 0.05) is 3.57 Å². The molecule has 0 aliphatic carbocycles. The second-order valence-corrected chi connectivity index (χ2v) is 7.13. The summed E-state index contributed by atoms with van der Waals surface area (Å²) in [5, 5.41) is 4.00. The number of ether oxygens (including phenoxy) is 2. The molecule has 0 fully saturated rings. The van der Waals surface area contributed by atoms with E-state index < -0.39 is 0 Å². The van der Waals surface area contributed by atoms with Gasteiger partial charge in [-0.2, -0.15) is 5.10 Å². The summed E-state index contributed by atoms with van der Waals surface area (Å²) < 4.78 is 12.2. The van der Waals surface area contributed by atoms with Crippen LogP contribution in [0.25, 0.3) is 0 Å². The van der Waals surface area contributed by atoms with Crippen molar-refractivity contribution in [3.05, 3.63) is 93.1 Å². The van der Waals surface area contributed by atoms with Gasteiger partial charge in [0.2, 0.25) is 0 Å². The molecule has 0 unspecified atom stereocenters. The zero-order chi connectivity index (χ0) is 19.8. The molecule has 3 aromatic rings. The molecular formula is C22H19IN2O3. The molecule has 0 saturated carbocycles. The highest BCUT2D eigenvalue weighted by molar-refractivity contribution is 14.1. The number of amides is 1. The highest BCUT2D eigenvalue weighted by atomic mass is 127. The smallest absolute Gasteiger partial charge is 0.275 e. The molecule has 0 aliphatic rings. The quantitative estimate of drug-likeness (QED) is 0.301. The third-order valence-electron chi connectivity index (χ3n) is 3.93. The van der Waals surface area contributed by atoms with E-state index in [-0.39, 0.29) is 5.91 Å². The Kier molecular flexibility index (Phi) is 7.02. The average Bonchev–Trinajstić information content (AvgIpc) is 2.74. The lowest BCUT2D eigenvalue weighted by atomic mass is 10.2. The standard InChI is InChI=1S/C22H19IN2O3/c1-27-21-5-3-2-4-20(21)22(26)25-24-14-16-8-12-19(13-9-16)28-15-17-6-10-18(23)11-7-17/h2-14H,15H2,1H3,(H,25,26)/b24-14-. The number of carbonyl (C=O) groups is 1. The van der Waals surface area contributed by atoms with E-state index in [2.05, 4.69) is 45.3 Å². The van der Waals surface area contributed by atoms with Gasteiger partial charge in [0.05, 0.1) is 18.9 Å². The first-order chi connectivity index (χ1) is 13.7. The fourth-order valence-electron chi connectivity index (χ4n) is 2.46. The van der Waals surface area contributed by atoms with Crippen LogP contribution < -0.4 is 14.9 Å². The minimum absolute atomic E-state index is 0.328. The van der Waals surface area contributed by atoms with E-state index in [4.69, 9.17) is 9.47 Å². The van der Waals surface area contributed by atoms with Crippen molar-refractivity contribution in [2.24, 2.45) is 5.10 Å². The Labute approximate surface area is 177 Å². The molecule has 142 valence electrons. The number of hydrogen-bond donors (Lipinski definition) is 1. The number of benzene rings is 3. The number of nitrogens with zero attached hydrogens (tertiary/aromatic N) is 1. The van der Waals surface area contributed by atoms with Crippen molar-refractivity contribution in [1.29, 1.82) is 0 Å². The summed E-state index contributed by atoms with van der Waals surface area (Å²) in [5.41, 5.74) is 4.90. The molecule has 0 atom stereocenters. The molecule has 0 spiro atoms.